The lowest BCUT2D eigenvalue weighted by Gasteiger charge is -2.14. The second kappa shape index (κ2) is 6.88. The van der Waals surface area contributed by atoms with Crippen LogP contribution in [0.2, 0.25) is 0 Å². The number of hydrogen-bond donors (Lipinski definition) is 0. The molecule has 0 saturated carbocycles. The molecule has 3 rings (SSSR count). The second-order valence-corrected chi connectivity index (χ2v) is 5.80. The number of imide groups is 1. The van der Waals surface area contributed by atoms with Gasteiger partial charge in [-0.05, 0) is 37.6 Å². The summed E-state index contributed by atoms with van der Waals surface area (Å²) in [4.78, 5) is 41.3. The maximum atomic E-state index is 12.3. The van der Waals surface area contributed by atoms with E-state index in [0.717, 1.165) is 15.8 Å². The van der Waals surface area contributed by atoms with Crippen LogP contribution in [0.3, 0.4) is 0 Å². The minimum atomic E-state index is -0.644. The van der Waals surface area contributed by atoms with Gasteiger partial charge in [-0.25, -0.2) is 4.79 Å². The summed E-state index contributed by atoms with van der Waals surface area (Å²) in [6.07, 6.45) is 1.00. The van der Waals surface area contributed by atoms with Gasteiger partial charge in [-0.2, -0.15) is 0 Å². The minimum absolute atomic E-state index is 0.225. The van der Waals surface area contributed by atoms with Gasteiger partial charge in [0.15, 0.2) is 6.61 Å². The Kier molecular flexibility index (Phi) is 4.65. The molecule has 1 saturated heterocycles. The Morgan fingerprint density at radius 3 is 2.76 bits per heavy atom. The number of benzene rings is 1. The van der Waals surface area contributed by atoms with Gasteiger partial charge in [-0.3, -0.25) is 19.5 Å². The van der Waals surface area contributed by atoms with Crippen molar-refractivity contribution < 1.29 is 23.9 Å². The molecule has 0 bridgehead atoms. The fourth-order valence-electron chi connectivity index (χ4n) is 2.78. The number of aryl methyl sites for hydroxylation is 1. The van der Waals surface area contributed by atoms with E-state index in [4.69, 9.17) is 9.47 Å². The highest BCUT2D eigenvalue weighted by Crippen LogP contribution is 2.22. The molecule has 0 radical (unpaired) electrons. The molecule has 7 heteroatoms. The first-order valence-electron chi connectivity index (χ1n) is 7.95. The lowest BCUT2D eigenvalue weighted by molar-refractivity contribution is -0.143. The van der Waals surface area contributed by atoms with Crippen LogP contribution in [0.1, 0.15) is 28.9 Å². The van der Waals surface area contributed by atoms with E-state index in [0.29, 0.717) is 30.8 Å². The van der Waals surface area contributed by atoms with Gasteiger partial charge in [0.05, 0.1) is 23.9 Å². The van der Waals surface area contributed by atoms with Crippen LogP contribution in [0.25, 0.3) is 10.9 Å². The molecule has 2 amide bonds. The van der Waals surface area contributed by atoms with Crippen molar-refractivity contribution >= 4 is 28.7 Å². The molecule has 2 heterocycles. The van der Waals surface area contributed by atoms with Crippen molar-refractivity contribution in [2.75, 3.05) is 20.3 Å². The number of fused-ring (bicyclic) bond motifs is 1. The van der Waals surface area contributed by atoms with Crippen molar-refractivity contribution in [2.24, 2.45) is 0 Å². The van der Waals surface area contributed by atoms with Crippen LogP contribution >= 0.6 is 0 Å². The number of amides is 2. The third-order valence-corrected chi connectivity index (χ3v) is 4.13. The number of ether oxygens (including phenoxy) is 2. The SMILES string of the molecule is COc1ccc2nc(C)c(C(=O)OCC(=O)N3CCCC3=O)cc2c1. The zero-order valence-electron chi connectivity index (χ0n) is 14.1. The van der Waals surface area contributed by atoms with Crippen LogP contribution in [-0.4, -0.2) is 47.9 Å². The monoisotopic (exact) mass is 342 g/mol. The molecule has 0 spiro atoms. The zero-order chi connectivity index (χ0) is 18.0. The standard InChI is InChI=1S/C18H18N2O5/c1-11-14(9-12-8-13(24-2)5-6-15(12)19-11)18(23)25-10-17(22)20-7-3-4-16(20)21/h5-6,8-9H,3-4,7,10H2,1-2H3. The van der Waals surface area contributed by atoms with E-state index >= 15 is 0 Å². The number of methoxy groups -OCH3 is 1. The third kappa shape index (κ3) is 3.45. The Hall–Kier alpha value is -2.96. The largest absolute Gasteiger partial charge is 0.497 e. The van der Waals surface area contributed by atoms with Crippen LogP contribution in [0.15, 0.2) is 24.3 Å². The Bertz CT molecular complexity index is 862. The first-order valence-corrected chi connectivity index (χ1v) is 7.95. The van der Waals surface area contributed by atoms with Gasteiger partial charge in [0.25, 0.3) is 5.91 Å². The van der Waals surface area contributed by atoms with Gasteiger partial charge < -0.3 is 9.47 Å². The average molecular weight is 342 g/mol. The number of rotatable bonds is 4. The fourth-order valence-corrected chi connectivity index (χ4v) is 2.78. The van der Waals surface area contributed by atoms with Crippen molar-refractivity contribution in [1.29, 1.82) is 0 Å². The number of aromatic nitrogens is 1. The summed E-state index contributed by atoms with van der Waals surface area (Å²) in [5, 5.41) is 0.734. The second-order valence-electron chi connectivity index (χ2n) is 5.80. The number of nitrogens with zero attached hydrogens (tertiary/aromatic N) is 2. The predicted octanol–water partition coefficient (Wildman–Crippen LogP) is 1.86. The number of likely N-dealkylation sites (tertiary alicyclic amines) is 1. The molecule has 0 N–H and O–H groups in total. The highest BCUT2D eigenvalue weighted by molar-refractivity contribution is 5.99. The zero-order valence-corrected chi connectivity index (χ0v) is 14.1. The summed E-state index contributed by atoms with van der Waals surface area (Å²) >= 11 is 0. The van der Waals surface area contributed by atoms with Gasteiger partial charge in [0, 0.05) is 18.4 Å². The minimum Gasteiger partial charge on any atom is -0.497 e. The topological polar surface area (TPSA) is 85.8 Å². The fraction of sp³-hybridized carbons (Fsp3) is 0.333. The van der Waals surface area contributed by atoms with Crippen molar-refractivity contribution in [3.63, 3.8) is 0 Å². The molecule has 0 unspecified atom stereocenters. The van der Waals surface area contributed by atoms with Gasteiger partial charge in [-0.15, -0.1) is 0 Å². The highest BCUT2D eigenvalue weighted by Gasteiger charge is 2.27. The molecular weight excluding hydrogens is 324 g/mol. The molecule has 1 aromatic heterocycles. The number of hydrogen-bond acceptors (Lipinski definition) is 6. The van der Waals surface area contributed by atoms with Crippen LogP contribution in [0.4, 0.5) is 0 Å². The molecule has 1 aliphatic heterocycles. The molecule has 25 heavy (non-hydrogen) atoms. The molecule has 130 valence electrons. The van der Waals surface area contributed by atoms with Crippen LogP contribution < -0.4 is 4.74 Å². The van der Waals surface area contributed by atoms with Gasteiger partial charge in [0.2, 0.25) is 5.91 Å². The van der Waals surface area contributed by atoms with E-state index in [1.165, 1.54) is 0 Å². The van der Waals surface area contributed by atoms with Crippen molar-refractivity contribution in [1.82, 2.24) is 9.88 Å². The molecular formula is C18H18N2O5. The van der Waals surface area contributed by atoms with Crippen LogP contribution in [-0.2, 0) is 14.3 Å². The summed E-state index contributed by atoms with van der Waals surface area (Å²) in [7, 11) is 1.56. The van der Waals surface area contributed by atoms with E-state index < -0.39 is 18.5 Å². The van der Waals surface area contributed by atoms with Crippen LogP contribution in [0.5, 0.6) is 5.75 Å². The summed E-state index contributed by atoms with van der Waals surface area (Å²) < 4.78 is 10.3. The van der Waals surface area contributed by atoms with Crippen LogP contribution in [0, 0.1) is 6.92 Å². The highest BCUT2D eigenvalue weighted by atomic mass is 16.5. The Morgan fingerprint density at radius 1 is 1.28 bits per heavy atom. The Balaban J connectivity index is 1.76. The summed E-state index contributed by atoms with van der Waals surface area (Å²) in [5.74, 6) is -0.712. The lowest BCUT2D eigenvalue weighted by atomic mass is 10.1. The molecule has 1 fully saturated rings. The molecule has 1 aliphatic rings. The van der Waals surface area contributed by atoms with E-state index in [2.05, 4.69) is 4.98 Å². The number of carbonyl (C=O) groups is 3. The number of esters is 1. The maximum absolute atomic E-state index is 12.3. The van der Waals surface area contributed by atoms with Crippen molar-refractivity contribution in [3.05, 3.63) is 35.5 Å². The van der Waals surface area contributed by atoms with E-state index in [-0.39, 0.29) is 11.5 Å². The van der Waals surface area contributed by atoms with E-state index in [1.807, 2.05) is 0 Å². The van der Waals surface area contributed by atoms with Gasteiger partial charge >= 0.3 is 5.97 Å². The smallest absolute Gasteiger partial charge is 0.340 e. The first-order chi connectivity index (χ1) is 12.0. The molecule has 0 atom stereocenters. The average Bonchev–Trinajstić information content (AvgIpc) is 3.04. The quantitative estimate of drug-likeness (QED) is 0.788. The first kappa shape index (κ1) is 16.9. The Labute approximate surface area is 144 Å². The summed E-state index contributed by atoms with van der Waals surface area (Å²) in [6, 6.07) is 7.03. The number of pyridine rings is 1. The summed E-state index contributed by atoms with van der Waals surface area (Å²) in [5.41, 5.74) is 1.52. The molecule has 0 aliphatic carbocycles. The normalized spacial score (nSPS) is 14.0. The van der Waals surface area contributed by atoms with Crippen molar-refractivity contribution in [2.45, 2.75) is 19.8 Å². The lowest BCUT2D eigenvalue weighted by Crippen LogP contribution is -2.35. The Morgan fingerprint density at radius 2 is 2.08 bits per heavy atom. The van der Waals surface area contributed by atoms with Gasteiger partial charge in [-0.1, -0.05) is 0 Å². The third-order valence-electron chi connectivity index (χ3n) is 4.13. The predicted molar refractivity (Wildman–Crippen MR) is 89.3 cm³/mol. The molecule has 2 aromatic rings. The number of carbonyl (C=O) groups excluding carboxylic acids is 3. The molecule has 7 nitrogen and oxygen atoms in total. The summed E-state index contributed by atoms with van der Waals surface area (Å²) in [6.45, 7) is 1.62. The van der Waals surface area contributed by atoms with E-state index in [1.54, 1.807) is 38.3 Å². The van der Waals surface area contributed by atoms with Crippen molar-refractivity contribution in [3.8, 4) is 5.75 Å². The van der Waals surface area contributed by atoms with E-state index in [9.17, 15) is 14.4 Å². The molecule has 1 aromatic carbocycles. The van der Waals surface area contributed by atoms with Gasteiger partial charge in [0.1, 0.15) is 5.75 Å². The maximum Gasteiger partial charge on any atom is 0.340 e.